The Labute approximate surface area is 172 Å². The lowest BCUT2D eigenvalue weighted by atomic mass is 10.2. The standard InChI is InChI=1S/C16H10Cl2N6O5/c1-8-14(19-20-15-12(17)6-11(24(28)29)7-13(15)18)16(25)22(21-8)9-2-4-10(5-3-9)23(26)27/h2-7,20H,1H3/b19-14+. The summed E-state index contributed by atoms with van der Waals surface area (Å²) in [6.45, 7) is 1.54. The first kappa shape index (κ1) is 20.2. The Balaban J connectivity index is 1.85. The van der Waals surface area contributed by atoms with Gasteiger partial charge in [0.25, 0.3) is 11.4 Å². The van der Waals surface area contributed by atoms with Crippen LogP contribution in [0.2, 0.25) is 10.0 Å². The first-order valence-corrected chi connectivity index (χ1v) is 8.56. The molecule has 0 aliphatic carbocycles. The van der Waals surface area contributed by atoms with Gasteiger partial charge in [0.1, 0.15) is 0 Å². The van der Waals surface area contributed by atoms with Crippen LogP contribution in [0.3, 0.4) is 0 Å². The van der Waals surface area contributed by atoms with Crippen molar-refractivity contribution in [1.29, 1.82) is 0 Å². The zero-order valence-corrected chi connectivity index (χ0v) is 16.0. The second kappa shape index (κ2) is 7.81. The molecule has 0 saturated carbocycles. The minimum Gasteiger partial charge on any atom is -0.275 e. The van der Waals surface area contributed by atoms with E-state index in [2.05, 4.69) is 15.6 Å². The highest BCUT2D eigenvalue weighted by atomic mass is 35.5. The van der Waals surface area contributed by atoms with Gasteiger partial charge in [-0.05, 0) is 19.1 Å². The summed E-state index contributed by atoms with van der Waals surface area (Å²) >= 11 is 12.0. The number of anilines is 2. The van der Waals surface area contributed by atoms with Crippen LogP contribution in [0.15, 0.2) is 46.6 Å². The van der Waals surface area contributed by atoms with Crippen molar-refractivity contribution in [1.82, 2.24) is 0 Å². The molecule has 0 radical (unpaired) electrons. The predicted octanol–water partition coefficient (Wildman–Crippen LogP) is 4.00. The highest BCUT2D eigenvalue weighted by molar-refractivity contribution is 6.71. The average Bonchev–Trinajstić information content (AvgIpc) is 2.95. The summed E-state index contributed by atoms with van der Waals surface area (Å²) < 4.78 is 0. The zero-order chi connectivity index (χ0) is 21.3. The lowest BCUT2D eigenvalue weighted by molar-refractivity contribution is -0.385. The summed E-state index contributed by atoms with van der Waals surface area (Å²) in [6.07, 6.45) is 0. The van der Waals surface area contributed by atoms with E-state index in [1.807, 2.05) is 0 Å². The molecule has 0 saturated heterocycles. The normalized spacial score (nSPS) is 14.9. The summed E-state index contributed by atoms with van der Waals surface area (Å²) in [7, 11) is 0. The van der Waals surface area contributed by atoms with Crippen LogP contribution < -0.4 is 10.4 Å². The number of carbonyl (C=O) groups excluding carboxylic acids is 1. The Hall–Kier alpha value is -3.57. The fourth-order valence-corrected chi connectivity index (χ4v) is 2.96. The summed E-state index contributed by atoms with van der Waals surface area (Å²) in [5.74, 6) is -0.585. The zero-order valence-electron chi connectivity index (χ0n) is 14.5. The number of benzene rings is 2. The van der Waals surface area contributed by atoms with Crippen molar-refractivity contribution in [3.63, 3.8) is 0 Å². The molecular formula is C16H10Cl2N6O5. The van der Waals surface area contributed by atoms with Crippen LogP contribution >= 0.6 is 23.2 Å². The van der Waals surface area contributed by atoms with Crippen molar-refractivity contribution in [2.75, 3.05) is 10.4 Å². The number of nitro groups is 2. The molecule has 0 aromatic heterocycles. The third-order valence-electron chi connectivity index (χ3n) is 3.81. The maximum Gasteiger partial charge on any atom is 0.301 e. The number of hydrazone groups is 2. The van der Waals surface area contributed by atoms with Gasteiger partial charge in [-0.15, -0.1) is 0 Å². The van der Waals surface area contributed by atoms with Gasteiger partial charge in [-0.3, -0.25) is 30.4 Å². The maximum atomic E-state index is 12.6. The van der Waals surface area contributed by atoms with Gasteiger partial charge in [0.2, 0.25) is 0 Å². The number of nitrogens with zero attached hydrogens (tertiary/aromatic N) is 5. The number of nitrogens with one attached hydrogen (secondary N) is 1. The summed E-state index contributed by atoms with van der Waals surface area (Å²) in [5.41, 5.74) is 2.74. The molecule has 1 N–H and O–H groups in total. The van der Waals surface area contributed by atoms with Crippen LogP contribution in [0.1, 0.15) is 6.92 Å². The maximum absolute atomic E-state index is 12.6. The largest absolute Gasteiger partial charge is 0.301 e. The van der Waals surface area contributed by atoms with E-state index in [-0.39, 0.29) is 38.5 Å². The van der Waals surface area contributed by atoms with Crippen molar-refractivity contribution >= 4 is 63.3 Å². The molecule has 0 fully saturated rings. The third kappa shape index (κ3) is 4.00. The lowest BCUT2D eigenvalue weighted by Crippen LogP contribution is -2.27. The van der Waals surface area contributed by atoms with Crippen molar-refractivity contribution in [3.8, 4) is 0 Å². The van der Waals surface area contributed by atoms with Crippen LogP contribution in [-0.2, 0) is 4.79 Å². The molecule has 0 spiro atoms. The van der Waals surface area contributed by atoms with Crippen LogP contribution in [-0.4, -0.2) is 27.2 Å². The van der Waals surface area contributed by atoms with Gasteiger partial charge in [-0.25, -0.2) is 0 Å². The molecule has 3 rings (SSSR count). The highest BCUT2D eigenvalue weighted by Gasteiger charge is 2.31. The molecule has 2 aromatic carbocycles. The Morgan fingerprint density at radius 2 is 1.59 bits per heavy atom. The van der Waals surface area contributed by atoms with E-state index in [9.17, 15) is 25.0 Å². The van der Waals surface area contributed by atoms with Gasteiger partial charge in [0, 0.05) is 24.3 Å². The third-order valence-corrected chi connectivity index (χ3v) is 4.41. The van der Waals surface area contributed by atoms with Crippen LogP contribution in [0.5, 0.6) is 0 Å². The summed E-state index contributed by atoms with van der Waals surface area (Å²) in [5, 5.41) is 30.6. The molecule has 1 aliphatic heterocycles. The van der Waals surface area contributed by atoms with Crippen LogP contribution in [0.4, 0.5) is 22.7 Å². The number of hydrogen-bond acceptors (Lipinski definition) is 8. The molecule has 0 unspecified atom stereocenters. The summed E-state index contributed by atoms with van der Waals surface area (Å²) in [6, 6.07) is 7.45. The number of hydrogen-bond donors (Lipinski definition) is 1. The van der Waals surface area contributed by atoms with Gasteiger partial charge < -0.3 is 0 Å². The Kier molecular flexibility index (Phi) is 5.43. The summed E-state index contributed by atoms with van der Waals surface area (Å²) in [4.78, 5) is 33.0. The van der Waals surface area contributed by atoms with E-state index < -0.39 is 15.8 Å². The second-order valence-corrected chi connectivity index (χ2v) is 6.50. The number of nitro benzene ring substituents is 2. The monoisotopic (exact) mass is 436 g/mol. The lowest BCUT2D eigenvalue weighted by Gasteiger charge is -2.11. The van der Waals surface area contributed by atoms with Gasteiger partial charge in [0.15, 0.2) is 5.71 Å². The van der Waals surface area contributed by atoms with E-state index in [1.54, 1.807) is 6.92 Å². The first-order valence-electron chi connectivity index (χ1n) is 7.80. The van der Waals surface area contributed by atoms with Crippen molar-refractivity contribution in [2.45, 2.75) is 6.92 Å². The molecule has 148 valence electrons. The van der Waals surface area contributed by atoms with E-state index >= 15 is 0 Å². The van der Waals surface area contributed by atoms with Crippen molar-refractivity contribution in [3.05, 3.63) is 66.7 Å². The van der Waals surface area contributed by atoms with Gasteiger partial charge in [-0.1, -0.05) is 23.2 Å². The van der Waals surface area contributed by atoms with E-state index in [1.165, 1.54) is 24.3 Å². The molecular weight excluding hydrogens is 427 g/mol. The van der Waals surface area contributed by atoms with E-state index in [0.717, 1.165) is 17.1 Å². The van der Waals surface area contributed by atoms with Gasteiger partial charge in [0.05, 0.1) is 37.0 Å². The number of rotatable bonds is 5. The Morgan fingerprint density at radius 1 is 1.03 bits per heavy atom. The van der Waals surface area contributed by atoms with E-state index in [4.69, 9.17) is 23.2 Å². The SMILES string of the molecule is CC1=NN(c2ccc([N+](=O)[O-])cc2)C(=O)/C1=N/Nc1c(Cl)cc([N+](=O)[O-])cc1Cl. The smallest absolute Gasteiger partial charge is 0.275 e. The Morgan fingerprint density at radius 3 is 2.10 bits per heavy atom. The Bertz CT molecular complexity index is 1080. The average molecular weight is 437 g/mol. The van der Waals surface area contributed by atoms with Gasteiger partial charge >= 0.3 is 5.91 Å². The van der Waals surface area contributed by atoms with Crippen molar-refractivity contribution < 1.29 is 14.6 Å². The molecule has 1 heterocycles. The first-order chi connectivity index (χ1) is 13.7. The van der Waals surface area contributed by atoms with Gasteiger partial charge in [-0.2, -0.15) is 15.2 Å². The second-order valence-electron chi connectivity index (χ2n) is 5.69. The number of non-ortho nitro benzene ring substituents is 2. The molecule has 2 aromatic rings. The molecule has 1 amide bonds. The number of amides is 1. The fraction of sp³-hybridized carbons (Fsp3) is 0.0625. The molecule has 0 atom stereocenters. The van der Waals surface area contributed by atoms with Crippen LogP contribution in [0, 0.1) is 20.2 Å². The molecule has 11 nitrogen and oxygen atoms in total. The number of carbonyl (C=O) groups is 1. The van der Waals surface area contributed by atoms with Crippen molar-refractivity contribution in [2.24, 2.45) is 10.2 Å². The van der Waals surface area contributed by atoms with E-state index in [0.29, 0.717) is 5.69 Å². The van der Waals surface area contributed by atoms with Crippen LogP contribution in [0.25, 0.3) is 0 Å². The highest BCUT2D eigenvalue weighted by Crippen LogP contribution is 2.34. The molecule has 29 heavy (non-hydrogen) atoms. The quantitative estimate of drug-likeness (QED) is 0.553. The minimum absolute atomic E-state index is 0.0474. The number of halogens is 2. The molecule has 13 heteroatoms. The fourth-order valence-electron chi connectivity index (χ4n) is 2.40. The molecule has 1 aliphatic rings. The topological polar surface area (TPSA) is 143 Å². The predicted molar refractivity (Wildman–Crippen MR) is 108 cm³/mol. The minimum atomic E-state index is -0.646. The molecule has 0 bridgehead atoms.